The first-order chi connectivity index (χ1) is 8.59. The van der Waals surface area contributed by atoms with Gasteiger partial charge in [0.1, 0.15) is 11.0 Å². The predicted octanol–water partition coefficient (Wildman–Crippen LogP) is 5.20. The summed E-state index contributed by atoms with van der Waals surface area (Å²) in [4.78, 5) is 6.45. The zero-order valence-corrected chi connectivity index (χ0v) is 12.7. The van der Waals surface area contributed by atoms with Crippen LogP contribution in [0.5, 0.6) is 0 Å². The van der Waals surface area contributed by atoms with Crippen molar-refractivity contribution in [1.29, 1.82) is 0 Å². The molecular weight excluding hydrogens is 291 g/mol. The Hall–Kier alpha value is -0.180. The Balaban J connectivity index is 2.21. The number of nitrogens with zero attached hydrogens (tertiary/aromatic N) is 2. The molecule has 1 aliphatic rings. The van der Waals surface area contributed by atoms with Gasteiger partial charge in [0, 0.05) is 13.1 Å². The van der Waals surface area contributed by atoms with Crippen molar-refractivity contribution in [2.45, 2.75) is 44.6 Å². The van der Waals surface area contributed by atoms with Gasteiger partial charge < -0.3 is 4.90 Å². The summed E-state index contributed by atoms with van der Waals surface area (Å²) in [5.41, 5.74) is 0. The zero-order valence-electron chi connectivity index (χ0n) is 10.4. The van der Waals surface area contributed by atoms with Gasteiger partial charge in [-0.05, 0) is 18.9 Å². The van der Waals surface area contributed by atoms with E-state index in [1.165, 1.54) is 38.5 Å². The molecule has 0 N–H and O–H groups in total. The van der Waals surface area contributed by atoms with Crippen LogP contribution < -0.4 is 4.90 Å². The van der Waals surface area contributed by atoms with Crippen molar-refractivity contribution in [3.63, 3.8) is 0 Å². The van der Waals surface area contributed by atoms with Crippen LogP contribution in [-0.2, 0) is 0 Å². The van der Waals surface area contributed by atoms with Crippen LogP contribution >= 0.6 is 34.8 Å². The molecule has 5 heteroatoms. The number of hydrogen-bond donors (Lipinski definition) is 0. The molecule has 0 aliphatic heterocycles. The summed E-state index contributed by atoms with van der Waals surface area (Å²) in [6, 6.07) is 2.16. The third kappa shape index (κ3) is 3.23. The monoisotopic (exact) mass is 306 g/mol. The lowest BCUT2D eigenvalue weighted by Gasteiger charge is -2.29. The van der Waals surface area contributed by atoms with Crippen LogP contribution in [0, 0.1) is 0 Å². The molecule has 1 saturated carbocycles. The van der Waals surface area contributed by atoms with Crippen LogP contribution in [-0.4, -0.2) is 18.1 Å². The van der Waals surface area contributed by atoms with E-state index in [4.69, 9.17) is 34.8 Å². The number of pyridine rings is 1. The Morgan fingerprint density at radius 3 is 2.28 bits per heavy atom. The van der Waals surface area contributed by atoms with E-state index in [-0.39, 0.29) is 0 Å². The standard InChI is InChI=1S/C13H17Cl3N2/c1-18(9-6-4-2-3-5-7-9)13-11(15)8-10(14)12(16)17-13/h8-9H,2-7H2,1H3. The number of rotatable bonds is 2. The zero-order chi connectivity index (χ0) is 13.1. The van der Waals surface area contributed by atoms with Crippen LogP contribution in [0.15, 0.2) is 6.07 Å². The van der Waals surface area contributed by atoms with E-state index in [0.29, 0.717) is 21.2 Å². The van der Waals surface area contributed by atoms with E-state index in [1.54, 1.807) is 6.07 Å². The molecule has 2 rings (SSSR count). The second kappa shape index (κ2) is 6.31. The molecule has 1 aromatic rings. The third-order valence-corrected chi connectivity index (χ3v) is 4.53. The minimum absolute atomic E-state index is 0.316. The fraction of sp³-hybridized carbons (Fsp3) is 0.615. The molecule has 0 radical (unpaired) electrons. The van der Waals surface area contributed by atoms with Crippen LogP contribution in [0.4, 0.5) is 5.82 Å². The largest absolute Gasteiger partial charge is 0.355 e. The molecule has 1 heterocycles. The van der Waals surface area contributed by atoms with Crippen LogP contribution in [0.2, 0.25) is 15.2 Å². The molecule has 18 heavy (non-hydrogen) atoms. The van der Waals surface area contributed by atoms with Gasteiger partial charge in [-0.1, -0.05) is 60.5 Å². The predicted molar refractivity (Wildman–Crippen MR) is 79.2 cm³/mol. The van der Waals surface area contributed by atoms with E-state index < -0.39 is 0 Å². The fourth-order valence-electron chi connectivity index (χ4n) is 2.50. The van der Waals surface area contributed by atoms with Crippen molar-refractivity contribution in [2.75, 3.05) is 11.9 Å². The highest BCUT2D eigenvalue weighted by molar-refractivity contribution is 6.42. The van der Waals surface area contributed by atoms with Crippen LogP contribution in [0.25, 0.3) is 0 Å². The van der Waals surface area contributed by atoms with Crippen molar-refractivity contribution in [1.82, 2.24) is 4.98 Å². The van der Waals surface area contributed by atoms with Gasteiger partial charge in [0.2, 0.25) is 0 Å². The maximum Gasteiger partial charge on any atom is 0.150 e. The quantitative estimate of drug-likeness (QED) is 0.551. The highest BCUT2D eigenvalue weighted by Gasteiger charge is 2.21. The summed E-state index contributed by atoms with van der Waals surface area (Å²) >= 11 is 18.1. The van der Waals surface area contributed by atoms with Gasteiger partial charge in [0.15, 0.2) is 0 Å². The lowest BCUT2D eigenvalue weighted by molar-refractivity contribution is 0.549. The van der Waals surface area contributed by atoms with Crippen molar-refractivity contribution in [3.05, 3.63) is 21.3 Å². The fourth-order valence-corrected chi connectivity index (χ4v) is 3.13. The summed E-state index contributed by atoms with van der Waals surface area (Å²) in [5, 5.41) is 1.28. The molecule has 0 atom stereocenters. The third-order valence-electron chi connectivity index (χ3n) is 3.57. The highest BCUT2D eigenvalue weighted by Crippen LogP contribution is 2.33. The van der Waals surface area contributed by atoms with E-state index in [0.717, 1.165) is 5.82 Å². The highest BCUT2D eigenvalue weighted by atomic mass is 35.5. The van der Waals surface area contributed by atoms with E-state index >= 15 is 0 Å². The van der Waals surface area contributed by atoms with Gasteiger partial charge in [-0.25, -0.2) is 4.98 Å². The van der Waals surface area contributed by atoms with Crippen molar-refractivity contribution < 1.29 is 0 Å². The van der Waals surface area contributed by atoms with Gasteiger partial charge in [-0.2, -0.15) is 0 Å². The molecule has 0 unspecified atom stereocenters. The van der Waals surface area contributed by atoms with Gasteiger partial charge in [-0.15, -0.1) is 0 Å². The lowest BCUT2D eigenvalue weighted by atomic mass is 10.1. The normalized spacial score (nSPS) is 17.6. The minimum atomic E-state index is 0.316. The summed E-state index contributed by atoms with van der Waals surface area (Å²) in [6.45, 7) is 0. The Bertz CT molecular complexity index is 415. The number of anilines is 1. The Kier molecular flexibility index (Phi) is 4.99. The maximum atomic E-state index is 6.21. The molecule has 0 saturated heterocycles. The number of halogens is 3. The summed E-state index contributed by atoms with van der Waals surface area (Å²) in [6.07, 6.45) is 7.57. The van der Waals surface area contributed by atoms with Crippen molar-refractivity contribution in [2.24, 2.45) is 0 Å². The Labute approximate surface area is 123 Å². The van der Waals surface area contributed by atoms with Gasteiger partial charge in [0.05, 0.1) is 10.0 Å². The molecule has 1 aliphatic carbocycles. The van der Waals surface area contributed by atoms with Gasteiger partial charge in [0.25, 0.3) is 0 Å². The molecule has 0 amide bonds. The van der Waals surface area contributed by atoms with Gasteiger partial charge in [-0.3, -0.25) is 0 Å². The minimum Gasteiger partial charge on any atom is -0.355 e. The molecule has 1 fully saturated rings. The molecule has 100 valence electrons. The molecule has 0 aromatic carbocycles. The van der Waals surface area contributed by atoms with Crippen molar-refractivity contribution in [3.8, 4) is 0 Å². The average molecular weight is 308 g/mol. The molecule has 0 spiro atoms. The molecular formula is C13H17Cl3N2. The first kappa shape index (κ1) is 14.2. The molecule has 0 bridgehead atoms. The first-order valence-electron chi connectivity index (χ1n) is 6.34. The Morgan fingerprint density at radius 1 is 1.06 bits per heavy atom. The summed E-state index contributed by atoms with van der Waals surface area (Å²) in [7, 11) is 2.04. The summed E-state index contributed by atoms with van der Waals surface area (Å²) in [5.74, 6) is 0.734. The Morgan fingerprint density at radius 2 is 1.67 bits per heavy atom. The van der Waals surface area contributed by atoms with E-state index in [2.05, 4.69) is 9.88 Å². The second-order valence-corrected chi connectivity index (χ2v) is 6.00. The SMILES string of the molecule is CN(c1nc(Cl)c(Cl)cc1Cl)C1CCCCCC1. The smallest absolute Gasteiger partial charge is 0.150 e. The van der Waals surface area contributed by atoms with Crippen molar-refractivity contribution >= 4 is 40.6 Å². The molecule has 1 aromatic heterocycles. The number of hydrogen-bond acceptors (Lipinski definition) is 2. The average Bonchev–Trinajstić information content (AvgIpc) is 2.61. The maximum absolute atomic E-state index is 6.21. The topological polar surface area (TPSA) is 16.1 Å². The van der Waals surface area contributed by atoms with Crippen LogP contribution in [0.3, 0.4) is 0 Å². The lowest BCUT2D eigenvalue weighted by Crippen LogP contribution is -2.32. The van der Waals surface area contributed by atoms with E-state index in [1.807, 2.05) is 7.05 Å². The summed E-state index contributed by atoms with van der Waals surface area (Å²) < 4.78 is 0. The van der Waals surface area contributed by atoms with Crippen LogP contribution in [0.1, 0.15) is 38.5 Å². The molecule has 2 nitrogen and oxygen atoms in total. The van der Waals surface area contributed by atoms with E-state index in [9.17, 15) is 0 Å². The van der Waals surface area contributed by atoms with Gasteiger partial charge >= 0.3 is 0 Å². The number of aromatic nitrogens is 1. The first-order valence-corrected chi connectivity index (χ1v) is 7.47. The second-order valence-electron chi connectivity index (χ2n) is 4.82.